The Hall–Kier alpha value is -4.03. The van der Waals surface area contributed by atoms with E-state index in [-0.39, 0.29) is 5.91 Å². The normalized spacial score (nSPS) is 14.8. The molecule has 2 aromatic heterocycles. The van der Waals surface area contributed by atoms with Crippen molar-refractivity contribution in [3.8, 4) is 11.9 Å². The van der Waals surface area contributed by atoms with Crippen LogP contribution in [-0.2, 0) is 6.54 Å². The molecule has 204 valence electrons. The Labute approximate surface area is 230 Å². The summed E-state index contributed by atoms with van der Waals surface area (Å²) in [5, 5.41) is 12.4. The van der Waals surface area contributed by atoms with Crippen LogP contribution in [0.25, 0.3) is 0 Å². The number of hydrogen-bond acceptors (Lipinski definition) is 8. The first-order valence-corrected chi connectivity index (χ1v) is 13.5. The summed E-state index contributed by atoms with van der Waals surface area (Å²) < 4.78 is 5.26. The van der Waals surface area contributed by atoms with E-state index >= 15 is 0 Å². The van der Waals surface area contributed by atoms with Gasteiger partial charge in [0.2, 0.25) is 5.88 Å². The second-order valence-corrected chi connectivity index (χ2v) is 10.1. The smallest absolute Gasteiger partial charge is 0.254 e. The van der Waals surface area contributed by atoms with Gasteiger partial charge in [-0.15, -0.1) is 0 Å². The van der Waals surface area contributed by atoms with Gasteiger partial charge in [-0.1, -0.05) is 12.1 Å². The number of nitriles is 1. The van der Waals surface area contributed by atoms with Crippen LogP contribution in [0.4, 0.5) is 5.69 Å². The quantitative estimate of drug-likeness (QED) is 0.421. The van der Waals surface area contributed by atoms with Crippen molar-refractivity contribution in [2.75, 3.05) is 31.6 Å². The lowest BCUT2D eigenvalue weighted by atomic mass is 9.99. The molecule has 1 aromatic carbocycles. The van der Waals surface area contributed by atoms with Crippen LogP contribution in [0, 0.1) is 25.2 Å². The van der Waals surface area contributed by atoms with Crippen LogP contribution in [0.5, 0.6) is 5.88 Å². The Morgan fingerprint density at radius 2 is 1.92 bits per heavy atom. The summed E-state index contributed by atoms with van der Waals surface area (Å²) in [5.41, 5.74) is 4.78. The number of pyridine rings is 1. The van der Waals surface area contributed by atoms with Gasteiger partial charge in [0.05, 0.1) is 47.6 Å². The third-order valence-electron chi connectivity index (χ3n) is 7.53. The first-order chi connectivity index (χ1) is 18.9. The minimum absolute atomic E-state index is 0.110. The molecule has 39 heavy (non-hydrogen) atoms. The Morgan fingerprint density at radius 1 is 1.18 bits per heavy atom. The molecule has 9 nitrogen and oxygen atoms in total. The number of ether oxygens (including phenoxy) is 1. The zero-order valence-corrected chi connectivity index (χ0v) is 23.2. The molecule has 3 aromatic rings. The van der Waals surface area contributed by atoms with E-state index < -0.39 is 0 Å². The number of likely N-dealkylation sites (tertiary alicyclic amines) is 1. The average molecular weight is 528 g/mol. The van der Waals surface area contributed by atoms with Gasteiger partial charge < -0.3 is 19.9 Å². The maximum absolute atomic E-state index is 12.7. The van der Waals surface area contributed by atoms with Gasteiger partial charge in [0.1, 0.15) is 6.33 Å². The summed E-state index contributed by atoms with van der Waals surface area (Å²) in [7, 11) is 1.62. The van der Waals surface area contributed by atoms with Crippen LogP contribution in [0.15, 0.2) is 48.9 Å². The molecule has 1 saturated heterocycles. The third kappa shape index (κ3) is 7.09. The number of carbonyl (C=O) groups is 1. The lowest BCUT2D eigenvalue weighted by Crippen LogP contribution is -2.48. The van der Waals surface area contributed by atoms with Gasteiger partial charge >= 0.3 is 0 Å². The van der Waals surface area contributed by atoms with Crippen molar-refractivity contribution in [3.05, 3.63) is 77.0 Å². The van der Waals surface area contributed by atoms with Gasteiger partial charge in [0.15, 0.2) is 0 Å². The van der Waals surface area contributed by atoms with E-state index in [0.717, 1.165) is 43.6 Å². The molecule has 1 aliphatic rings. The van der Waals surface area contributed by atoms with Crippen LogP contribution in [0.3, 0.4) is 0 Å². The Morgan fingerprint density at radius 3 is 2.56 bits per heavy atom. The Bertz CT molecular complexity index is 1280. The number of methoxy groups -OCH3 is 1. The van der Waals surface area contributed by atoms with Gasteiger partial charge in [-0.25, -0.2) is 15.0 Å². The molecule has 0 bridgehead atoms. The molecule has 1 unspecified atom stereocenters. The molecule has 4 rings (SSSR count). The molecule has 3 heterocycles. The lowest BCUT2D eigenvalue weighted by molar-refractivity contribution is 0.0943. The molecule has 0 spiro atoms. The summed E-state index contributed by atoms with van der Waals surface area (Å²) in [6, 6.07) is 14.7. The molecule has 9 heteroatoms. The van der Waals surface area contributed by atoms with Gasteiger partial charge in [-0.3, -0.25) is 4.79 Å². The van der Waals surface area contributed by atoms with Crippen molar-refractivity contribution in [2.24, 2.45) is 0 Å². The molecule has 0 radical (unpaired) electrons. The van der Waals surface area contributed by atoms with Crippen LogP contribution in [0.2, 0.25) is 0 Å². The van der Waals surface area contributed by atoms with Crippen molar-refractivity contribution in [2.45, 2.75) is 58.7 Å². The monoisotopic (exact) mass is 527 g/mol. The van der Waals surface area contributed by atoms with E-state index in [2.05, 4.69) is 55.2 Å². The van der Waals surface area contributed by atoms with Gasteiger partial charge in [0.25, 0.3) is 5.91 Å². The second kappa shape index (κ2) is 13.2. The van der Waals surface area contributed by atoms with E-state index in [9.17, 15) is 10.1 Å². The van der Waals surface area contributed by atoms with Crippen LogP contribution >= 0.6 is 0 Å². The number of aryl methyl sites for hydroxylation is 2. The highest BCUT2D eigenvalue weighted by atomic mass is 16.5. The number of benzene rings is 1. The summed E-state index contributed by atoms with van der Waals surface area (Å²) >= 11 is 0. The molecule has 1 aliphatic heterocycles. The lowest BCUT2D eigenvalue weighted by Gasteiger charge is -2.41. The second-order valence-electron chi connectivity index (χ2n) is 10.1. The fourth-order valence-corrected chi connectivity index (χ4v) is 5.26. The number of carbonyl (C=O) groups excluding carboxylic acids is 1. The van der Waals surface area contributed by atoms with Crippen molar-refractivity contribution in [1.29, 1.82) is 5.26 Å². The fraction of sp³-hybridized carbons (Fsp3) is 0.433. The maximum Gasteiger partial charge on any atom is 0.254 e. The maximum atomic E-state index is 12.7. The van der Waals surface area contributed by atoms with E-state index in [4.69, 9.17) is 4.74 Å². The number of piperidine rings is 1. The number of nitrogens with one attached hydrogen (secondary N) is 1. The molecular weight excluding hydrogens is 490 g/mol. The summed E-state index contributed by atoms with van der Waals surface area (Å²) in [6.45, 7) is 9.16. The van der Waals surface area contributed by atoms with E-state index in [1.165, 1.54) is 6.33 Å². The zero-order valence-electron chi connectivity index (χ0n) is 23.2. The summed E-state index contributed by atoms with van der Waals surface area (Å²) in [4.78, 5) is 30.3. The molecule has 1 fully saturated rings. The number of hydrogen-bond donors (Lipinski definition) is 1. The molecule has 0 saturated carbocycles. The van der Waals surface area contributed by atoms with E-state index in [1.807, 2.05) is 44.3 Å². The Kier molecular flexibility index (Phi) is 9.45. The molecular formula is C30H37N7O2. The van der Waals surface area contributed by atoms with Gasteiger partial charge in [0, 0.05) is 44.3 Å². The SMILES string of the molecule is COc1ccc(N(Cc2cccc(C#N)c2)C2CCN(C(C)CCNC(=O)c3c(C)ncnc3C)CC2)cn1. The van der Waals surface area contributed by atoms with E-state index in [0.29, 0.717) is 53.6 Å². The van der Waals surface area contributed by atoms with Crippen molar-refractivity contribution in [1.82, 2.24) is 25.2 Å². The molecule has 1 atom stereocenters. The molecule has 0 aliphatic carbocycles. The highest BCUT2D eigenvalue weighted by Gasteiger charge is 2.27. The van der Waals surface area contributed by atoms with E-state index in [1.54, 1.807) is 7.11 Å². The van der Waals surface area contributed by atoms with Crippen molar-refractivity contribution >= 4 is 11.6 Å². The third-order valence-corrected chi connectivity index (χ3v) is 7.53. The number of aromatic nitrogens is 3. The number of amides is 1. The molecule has 1 amide bonds. The summed E-state index contributed by atoms with van der Waals surface area (Å²) in [6.07, 6.45) is 6.25. The predicted octanol–water partition coefficient (Wildman–Crippen LogP) is 4.05. The van der Waals surface area contributed by atoms with Crippen LogP contribution < -0.4 is 15.0 Å². The minimum atomic E-state index is -0.110. The van der Waals surface area contributed by atoms with Gasteiger partial charge in [-0.05, 0) is 63.8 Å². The van der Waals surface area contributed by atoms with Crippen molar-refractivity contribution in [3.63, 3.8) is 0 Å². The average Bonchev–Trinajstić information content (AvgIpc) is 2.96. The standard InChI is InChI=1S/C30H37N7O2/c1-21(10-13-32-30(38)29-22(2)34-20-35-23(29)3)36-14-11-26(12-15-36)37(27-8-9-28(39-4)33-18-27)19-25-7-5-6-24(16-25)17-31/h5-9,16,18,20-21,26H,10-15,19H2,1-4H3,(H,32,38). The fourth-order valence-electron chi connectivity index (χ4n) is 5.26. The highest BCUT2D eigenvalue weighted by molar-refractivity contribution is 5.96. The molecule has 1 N–H and O–H groups in total. The number of nitrogens with zero attached hydrogens (tertiary/aromatic N) is 6. The zero-order chi connectivity index (χ0) is 27.8. The summed E-state index contributed by atoms with van der Waals surface area (Å²) in [5.74, 6) is 0.478. The van der Waals surface area contributed by atoms with Crippen LogP contribution in [-0.4, -0.2) is 64.6 Å². The largest absolute Gasteiger partial charge is 0.481 e. The number of rotatable bonds is 10. The van der Waals surface area contributed by atoms with Crippen molar-refractivity contribution < 1.29 is 9.53 Å². The topological polar surface area (TPSA) is 107 Å². The first-order valence-electron chi connectivity index (χ1n) is 13.5. The Balaban J connectivity index is 1.35. The van der Waals surface area contributed by atoms with Gasteiger partial charge in [-0.2, -0.15) is 5.26 Å². The predicted molar refractivity (Wildman–Crippen MR) is 151 cm³/mol. The highest BCUT2D eigenvalue weighted by Crippen LogP contribution is 2.27. The minimum Gasteiger partial charge on any atom is -0.481 e. The first kappa shape index (κ1) is 28.0. The number of anilines is 1. The van der Waals surface area contributed by atoms with Crippen LogP contribution in [0.1, 0.15) is 59.1 Å².